The van der Waals surface area contributed by atoms with E-state index in [2.05, 4.69) is 47.1 Å². The third-order valence-electron chi connectivity index (χ3n) is 4.03. The summed E-state index contributed by atoms with van der Waals surface area (Å²) in [5.74, 6) is 0. The minimum atomic E-state index is 1.07. The molecular weight excluding hydrogens is 308 g/mol. The molecule has 0 nitrogen and oxygen atoms in total. The van der Waals surface area contributed by atoms with Gasteiger partial charge in [0.1, 0.15) is 0 Å². The van der Waals surface area contributed by atoms with Crippen molar-refractivity contribution in [3.8, 4) is 0 Å². The van der Waals surface area contributed by atoms with Crippen LogP contribution in [0.15, 0.2) is 24.3 Å². The van der Waals surface area contributed by atoms with E-state index in [9.17, 15) is 0 Å². The maximum atomic E-state index is 3.55. The molecule has 0 aliphatic heterocycles. The molecule has 0 saturated heterocycles. The molecule has 0 aliphatic carbocycles. The van der Waals surface area contributed by atoms with Gasteiger partial charge in [0.25, 0.3) is 0 Å². The van der Waals surface area contributed by atoms with Gasteiger partial charge in [-0.15, -0.1) is 0 Å². The normalized spacial score (nSPS) is 10.9. The Hall–Kier alpha value is -0.300. The summed E-state index contributed by atoms with van der Waals surface area (Å²) in [5, 5.41) is 1.07. The molecule has 1 aromatic carbocycles. The largest absolute Gasteiger partial charge is 0.0924 e. The van der Waals surface area contributed by atoms with Crippen LogP contribution in [0.4, 0.5) is 0 Å². The van der Waals surface area contributed by atoms with Crippen LogP contribution in [-0.2, 0) is 12.8 Å². The molecule has 114 valence electrons. The molecule has 1 rings (SSSR count). The third-order valence-corrected chi connectivity index (χ3v) is 4.43. The summed E-state index contributed by atoms with van der Waals surface area (Å²) in [6, 6.07) is 8.94. The molecule has 0 spiro atoms. The quantitative estimate of drug-likeness (QED) is 0.294. The van der Waals surface area contributed by atoms with Crippen LogP contribution in [0, 0.1) is 0 Å². The van der Waals surface area contributed by atoms with Gasteiger partial charge in [0.15, 0.2) is 0 Å². The van der Waals surface area contributed by atoms with Crippen molar-refractivity contribution in [2.45, 2.75) is 77.6 Å². The number of alkyl halides is 1. The van der Waals surface area contributed by atoms with Gasteiger partial charge in [0.05, 0.1) is 0 Å². The van der Waals surface area contributed by atoms with E-state index in [4.69, 9.17) is 0 Å². The summed E-state index contributed by atoms with van der Waals surface area (Å²) in [6.45, 7) is 2.29. The van der Waals surface area contributed by atoms with E-state index in [0.717, 1.165) is 11.8 Å². The van der Waals surface area contributed by atoms with E-state index in [-0.39, 0.29) is 0 Å². The van der Waals surface area contributed by atoms with Crippen molar-refractivity contribution in [1.82, 2.24) is 0 Å². The van der Waals surface area contributed by atoms with Crippen molar-refractivity contribution in [3.05, 3.63) is 35.4 Å². The first kappa shape index (κ1) is 17.8. The van der Waals surface area contributed by atoms with Crippen molar-refractivity contribution in [1.29, 1.82) is 0 Å². The minimum Gasteiger partial charge on any atom is -0.0924 e. The molecule has 20 heavy (non-hydrogen) atoms. The van der Waals surface area contributed by atoms with Crippen molar-refractivity contribution in [2.24, 2.45) is 0 Å². The van der Waals surface area contributed by atoms with Gasteiger partial charge < -0.3 is 0 Å². The molecule has 0 amide bonds. The van der Waals surface area contributed by atoms with Crippen molar-refractivity contribution >= 4 is 15.9 Å². The van der Waals surface area contributed by atoms with Crippen LogP contribution in [0.1, 0.15) is 75.8 Å². The molecule has 1 heteroatoms. The fraction of sp³-hybridized carbons (Fsp3) is 0.684. The Morgan fingerprint density at radius 2 is 1.20 bits per heavy atom. The maximum absolute atomic E-state index is 3.55. The summed E-state index contributed by atoms with van der Waals surface area (Å²) >= 11 is 3.55. The van der Waals surface area contributed by atoms with E-state index in [1.54, 1.807) is 5.56 Å². The second-order valence-corrected chi connectivity index (χ2v) is 6.58. The second kappa shape index (κ2) is 12.4. The number of rotatable bonds is 12. The number of hydrogen-bond acceptors (Lipinski definition) is 0. The van der Waals surface area contributed by atoms with Gasteiger partial charge in [-0.05, 0) is 30.4 Å². The van der Waals surface area contributed by atoms with E-state index >= 15 is 0 Å². The minimum absolute atomic E-state index is 1.07. The van der Waals surface area contributed by atoms with Crippen LogP contribution in [0.3, 0.4) is 0 Å². The smallest absolute Gasteiger partial charge is 0.00719 e. The van der Waals surface area contributed by atoms with Gasteiger partial charge in [0, 0.05) is 5.33 Å². The lowest BCUT2D eigenvalue weighted by atomic mass is 9.99. The molecule has 0 fully saturated rings. The van der Waals surface area contributed by atoms with Crippen LogP contribution in [0.2, 0.25) is 0 Å². The zero-order valence-corrected chi connectivity index (χ0v) is 14.8. The van der Waals surface area contributed by atoms with Crippen LogP contribution in [0.5, 0.6) is 0 Å². The average molecular weight is 339 g/mol. The van der Waals surface area contributed by atoms with Gasteiger partial charge in [-0.1, -0.05) is 98.5 Å². The highest BCUT2D eigenvalue weighted by Gasteiger charge is 2.01. The first-order valence-electron chi connectivity index (χ1n) is 8.51. The molecule has 0 N–H and O–H groups in total. The average Bonchev–Trinajstić information content (AvgIpc) is 2.47. The van der Waals surface area contributed by atoms with Crippen molar-refractivity contribution < 1.29 is 0 Å². The lowest BCUT2D eigenvalue weighted by molar-refractivity contribution is 0.564. The summed E-state index contributed by atoms with van der Waals surface area (Å²) < 4.78 is 0. The van der Waals surface area contributed by atoms with Crippen LogP contribution in [0.25, 0.3) is 0 Å². The lowest BCUT2D eigenvalue weighted by Crippen LogP contribution is -1.95. The standard InChI is InChI=1S/C19H31Br/c1-2-3-4-5-6-7-8-9-10-13-18-14-11-12-15-19(18)16-17-20/h11-12,14-15H,2-10,13,16-17H2,1H3. The topological polar surface area (TPSA) is 0 Å². The highest BCUT2D eigenvalue weighted by molar-refractivity contribution is 9.09. The molecule has 0 atom stereocenters. The molecule has 0 aliphatic rings. The zero-order valence-electron chi connectivity index (χ0n) is 13.2. The van der Waals surface area contributed by atoms with Crippen LogP contribution >= 0.6 is 15.9 Å². The fourth-order valence-electron chi connectivity index (χ4n) is 2.77. The Labute approximate surface area is 134 Å². The fourth-order valence-corrected chi connectivity index (χ4v) is 3.20. The lowest BCUT2D eigenvalue weighted by Gasteiger charge is -2.08. The first-order valence-corrected chi connectivity index (χ1v) is 9.63. The highest BCUT2D eigenvalue weighted by atomic mass is 79.9. The van der Waals surface area contributed by atoms with Crippen molar-refractivity contribution in [2.75, 3.05) is 5.33 Å². The predicted molar refractivity (Wildman–Crippen MR) is 94.9 cm³/mol. The molecule has 1 aromatic rings. The van der Waals surface area contributed by atoms with E-state index in [1.165, 1.54) is 69.8 Å². The molecular formula is C19H31Br. The first-order chi connectivity index (χ1) is 9.88. The summed E-state index contributed by atoms with van der Waals surface area (Å²) in [5.41, 5.74) is 3.10. The Morgan fingerprint density at radius 3 is 1.75 bits per heavy atom. The number of aryl methyl sites for hydroxylation is 2. The number of halogens is 1. The van der Waals surface area contributed by atoms with Gasteiger partial charge in [0.2, 0.25) is 0 Å². The highest BCUT2D eigenvalue weighted by Crippen LogP contribution is 2.15. The predicted octanol–water partition coefficient (Wildman–Crippen LogP) is 6.70. The Kier molecular flexibility index (Phi) is 11.0. The summed E-state index contributed by atoms with van der Waals surface area (Å²) in [7, 11) is 0. The van der Waals surface area contributed by atoms with Gasteiger partial charge in [-0.25, -0.2) is 0 Å². The second-order valence-electron chi connectivity index (χ2n) is 5.79. The molecule has 0 bridgehead atoms. The molecule has 0 radical (unpaired) electrons. The van der Waals surface area contributed by atoms with Crippen molar-refractivity contribution in [3.63, 3.8) is 0 Å². The Balaban J connectivity index is 2.06. The molecule has 0 heterocycles. The number of benzene rings is 1. The van der Waals surface area contributed by atoms with Crippen LogP contribution < -0.4 is 0 Å². The van der Waals surface area contributed by atoms with Crippen LogP contribution in [-0.4, -0.2) is 5.33 Å². The summed E-state index contributed by atoms with van der Waals surface area (Å²) in [4.78, 5) is 0. The SMILES string of the molecule is CCCCCCCCCCCc1ccccc1CCBr. The Bertz CT molecular complexity index is 332. The van der Waals surface area contributed by atoms with E-state index < -0.39 is 0 Å². The summed E-state index contributed by atoms with van der Waals surface area (Å²) in [6.07, 6.45) is 15.1. The zero-order chi connectivity index (χ0) is 14.5. The molecule has 0 unspecified atom stereocenters. The van der Waals surface area contributed by atoms with Gasteiger partial charge >= 0.3 is 0 Å². The monoisotopic (exact) mass is 338 g/mol. The van der Waals surface area contributed by atoms with E-state index in [0.29, 0.717) is 0 Å². The number of unbranched alkanes of at least 4 members (excludes halogenated alkanes) is 8. The van der Waals surface area contributed by atoms with Gasteiger partial charge in [-0.3, -0.25) is 0 Å². The van der Waals surface area contributed by atoms with Gasteiger partial charge in [-0.2, -0.15) is 0 Å². The molecule has 0 saturated carbocycles. The third kappa shape index (κ3) is 8.09. The maximum Gasteiger partial charge on any atom is 0.00719 e. The Morgan fingerprint density at radius 1 is 0.700 bits per heavy atom. The number of hydrogen-bond donors (Lipinski definition) is 0. The van der Waals surface area contributed by atoms with E-state index in [1.807, 2.05) is 0 Å². The molecule has 0 aromatic heterocycles.